The molecule has 1 aliphatic heterocycles. The molecule has 0 aliphatic carbocycles. The summed E-state index contributed by atoms with van der Waals surface area (Å²) in [6, 6.07) is 7.78. The largest absolute Gasteiger partial charge is 0.416 e. The van der Waals surface area contributed by atoms with Crippen LogP contribution in [0.4, 0.5) is 11.6 Å². The number of aliphatic hydroxyl groups is 1. The minimum Gasteiger partial charge on any atom is -0.416 e. The molecule has 210 valence electrons. The Bertz CT molecular complexity index is 1470. The maximum atomic E-state index is 13.2. The molecule has 3 N–H and O–H groups in total. The van der Waals surface area contributed by atoms with E-state index in [0.29, 0.717) is 24.8 Å². The zero-order chi connectivity index (χ0) is 28.3. The summed E-state index contributed by atoms with van der Waals surface area (Å²) in [7, 11) is 1.85. The van der Waals surface area contributed by atoms with Crippen LogP contribution < -0.4 is 10.6 Å². The zero-order valence-corrected chi connectivity index (χ0v) is 23.3. The van der Waals surface area contributed by atoms with E-state index in [4.69, 9.17) is 9.40 Å². The van der Waals surface area contributed by atoms with Crippen LogP contribution in [0.15, 0.2) is 47.3 Å². The van der Waals surface area contributed by atoms with Crippen molar-refractivity contribution in [1.82, 2.24) is 40.2 Å². The molecular weight excluding hydrogens is 510 g/mol. The molecule has 4 aromatic rings. The Hall–Kier alpha value is -4.16. The van der Waals surface area contributed by atoms with E-state index in [1.807, 2.05) is 46.1 Å². The second-order valence-electron chi connectivity index (χ2n) is 11.0. The number of fused-ring (bicyclic) bond motifs is 1. The topological polar surface area (TPSA) is 147 Å². The van der Waals surface area contributed by atoms with Crippen molar-refractivity contribution in [2.24, 2.45) is 7.05 Å². The van der Waals surface area contributed by atoms with Crippen LogP contribution >= 0.6 is 0 Å². The number of benzene rings is 1. The number of hydrogen-bond acceptors (Lipinski definition) is 10. The fourth-order valence-corrected chi connectivity index (χ4v) is 4.70. The first-order chi connectivity index (χ1) is 19.2. The highest BCUT2D eigenvalue weighted by atomic mass is 16.4. The van der Waals surface area contributed by atoms with Crippen LogP contribution in [0.5, 0.6) is 0 Å². The highest BCUT2D eigenvalue weighted by Gasteiger charge is 2.29. The number of nitrogens with one attached hydrogen (secondary N) is 2. The van der Waals surface area contributed by atoms with Gasteiger partial charge in [-0.25, -0.2) is 9.97 Å². The van der Waals surface area contributed by atoms with Crippen LogP contribution in [-0.4, -0.2) is 72.1 Å². The number of aromatic nitrogens is 6. The molecular formula is C28H35N9O3. The summed E-state index contributed by atoms with van der Waals surface area (Å²) in [5.41, 5.74) is 4.34. The van der Waals surface area contributed by atoms with Crippen molar-refractivity contribution >= 4 is 17.5 Å². The summed E-state index contributed by atoms with van der Waals surface area (Å²) in [4.78, 5) is 24.5. The number of carbonyl (C=O) groups excluding carboxylic acids is 1. The second-order valence-corrected chi connectivity index (χ2v) is 11.0. The van der Waals surface area contributed by atoms with Gasteiger partial charge in [-0.1, -0.05) is 32.9 Å². The number of amides is 1. The number of carbonyl (C=O) groups is 1. The molecule has 0 unspecified atom stereocenters. The highest BCUT2D eigenvalue weighted by molar-refractivity contribution is 5.89. The van der Waals surface area contributed by atoms with Crippen molar-refractivity contribution in [3.63, 3.8) is 0 Å². The first-order valence-corrected chi connectivity index (χ1v) is 13.4. The van der Waals surface area contributed by atoms with E-state index < -0.39 is 5.91 Å². The fraction of sp³-hybridized carbons (Fsp3) is 0.429. The molecule has 12 nitrogen and oxygen atoms in total. The molecule has 3 aromatic heterocycles. The van der Waals surface area contributed by atoms with Gasteiger partial charge in [-0.15, -0.1) is 10.2 Å². The Morgan fingerprint density at radius 3 is 2.80 bits per heavy atom. The van der Waals surface area contributed by atoms with Crippen molar-refractivity contribution < 1.29 is 14.3 Å². The van der Waals surface area contributed by atoms with Gasteiger partial charge in [0.2, 0.25) is 11.8 Å². The molecule has 5 rings (SSSR count). The molecule has 12 heteroatoms. The normalized spacial score (nSPS) is 15.9. The predicted octanol–water partition coefficient (Wildman–Crippen LogP) is 3.01. The van der Waals surface area contributed by atoms with Crippen molar-refractivity contribution in [1.29, 1.82) is 0 Å². The van der Waals surface area contributed by atoms with Crippen LogP contribution in [0.2, 0.25) is 0 Å². The molecule has 1 amide bonds. The van der Waals surface area contributed by atoms with Gasteiger partial charge in [-0.2, -0.15) is 5.10 Å². The van der Waals surface area contributed by atoms with Crippen LogP contribution in [0, 0.1) is 0 Å². The molecule has 1 atom stereocenters. The molecule has 0 fully saturated rings. The summed E-state index contributed by atoms with van der Waals surface area (Å²) in [5, 5.41) is 27.9. The molecule has 1 aromatic carbocycles. The van der Waals surface area contributed by atoms with E-state index in [0.717, 1.165) is 47.6 Å². The summed E-state index contributed by atoms with van der Waals surface area (Å²) in [6.07, 6.45) is 6.75. The summed E-state index contributed by atoms with van der Waals surface area (Å²) < 4.78 is 7.40. The minimum absolute atomic E-state index is 0.0520. The van der Waals surface area contributed by atoms with E-state index in [-0.39, 0.29) is 24.0 Å². The number of aryl methyl sites for hydroxylation is 1. The number of anilines is 2. The molecule has 0 saturated carbocycles. The Kier molecular flexibility index (Phi) is 7.90. The van der Waals surface area contributed by atoms with Crippen molar-refractivity contribution in [3.8, 4) is 11.3 Å². The minimum atomic E-state index is -0.408. The zero-order valence-electron chi connectivity index (χ0n) is 23.3. The van der Waals surface area contributed by atoms with Gasteiger partial charge in [-0.05, 0) is 36.1 Å². The van der Waals surface area contributed by atoms with Gasteiger partial charge in [0, 0.05) is 56.7 Å². The van der Waals surface area contributed by atoms with E-state index >= 15 is 0 Å². The molecule has 0 bridgehead atoms. The van der Waals surface area contributed by atoms with Gasteiger partial charge in [0.05, 0.1) is 23.6 Å². The van der Waals surface area contributed by atoms with Gasteiger partial charge >= 0.3 is 11.8 Å². The highest BCUT2D eigenvalue weighted by Crippen LogP contribution is 2.29. The van der Waals surface area contributed by atoms with Gasteiger partial charge < -0.3 is 25.1 Å². The van der Waals surface area contributed by atoms with E-state index in [1.54, 1.807) is 17.1 Å². The SMILES string of the molecule is Cn1cc(Nc2nccc(-c3ccc4c(c3)CCN(CCCO)C[C@H]4NC(=O)c3nnc(C(C)(C)C)o3)n2)cn1. The molecule has 40 heavy (non-hydrogen) atoms. The molecule has 0 spiro atoms. The summed E-state index contributed by atoms with van der Waals surface area (Å²) in [6.45, 7) is 8.11. The maximum Gasteiger partial charge on any atom is 0.309 e. The van der Waals surface area contributed by atoms with Crippen LogP contribution in [0.25, 0.3) is 11.3 Å². The summed E-state index contributed by atoms with van der Waals surface area (Å²) >= 11 is 0. The third-order valence-corrected chi connectivity index (χ3v) is 6.77. The van der Waals surface area contributed by atoms with Gasteiger partial charge in [0.25, 0.3) is 0 Å². The first-order valence-electron chi connectivity index (χ1n) is 13.4. The summed E-state index contributed by atoms with van der Waals surface area (Å²) in [5.74, 6) is 0.433. The molecule has 4 heterocycles. The smallest absolute Gasteiger partial charge is 0.309 e. The predicted molar refractivity (Wildman–Crippen MR) is 149 cm³/mol. The third kappa shape index (κ3) is 6.35. The molecule has 0 radical (unpaired) electrons. The van der Waals surface area contributed by atoms with Crippen LogP contribution in [0.3, 0.4) is 0 Å². The first kappa shape index (κ1) is 27.4. The van der Waals surface area contributed by atoms with Crippen molar-refractivity contribution in [3.05, 3.63) is 65.8 Å². The van der Waals surface area contributed by atoms with E-state index in [9.17, 15) is 9.90 Å². The van der Waals surface area contributed by atoms with Crippen molar-refractivity contribution in [2.45, 2.75) is 45.1 Å². The van der Waals surface area contributed by atoms with Crippen LogP contribution in [0.1, 0.15) is 60.9 Å². The Morgan fingerprint density at radius 1 is 1.23 bits per heavy atom. The number of rotatable bonds is 8. The fourth-order valence-electron chi connectivity index (χ4n) is 4.70. The monoisotopic (exact) mass is 545 g/mol. The van der Waals surface area contributed by atoms with Gasteiger partial charge in [-0.3, -0.25) is 9.48 Å². The lowest BCUT2D eigenvalue weighted by Gasteiger charge is -2.25. The second kappa shape index (κ2) is 11.5. The average molecular weight is 546 g/mol. The number of nitrogens with zero attached hydrogens (tertiary/aromatic N) is 7. The van der Waals surface area contributed by atoms with Crippen LogP contribution in [-0.2, 0) is 18.9 Å². The number of hydrogen-bond donors (Lipinski definition) is 3. The molecule has 0 saturated heterocycles. The third-order valence-electron chi connectivity index (χ3n) is 6.77. The lowest BCUT2D eigenvalue weighted by atomic mass is 9.96. The lowest BCUT2D eigenvalue weighted by molar-refractivity contribution is 0.0886. The molecule has 1 aliphatic rings. The lowest BCUT2D eigenvalue weighted by Crippen LogP contribution is -2.38. The standard InChI is InChI=1S/C28H35N9O3/c1-28(2,3)26-35-34-25(40-26)24(39)32-23-17-37(11-5-13-38)12-9-18-14-19(6-7-21(18)23)22-8-10-29-27(33-22)31-20-15-30-36(4)16-20/h6-8,10,14-16,23,38H,5,9,11-13,17H2,1-4H3,(H,32,39)(H,29,31,33)/t23-/m1/s1. The Labute approximate surface area is 232 Å². The maximum absolute atomic E-state index is 13.2. The quantitative estimate of drug-likeness (QED) is 0.302. The Balaban J connectivity index is 1.41. The average Bonchev–Trinajstić information content (AvgIpc) is 3.55. The Morgan fingerprint density at radius 2 is 2.08 bits per heavy atom. The van der Waals surface area contributed by atoms with Crippen molar-refractivity contribution in [2.75, 3.05) is 31.6 Å². The van der Waals surface area contributed by atoms with Gasteiger partial charge in [0.1, 0.15) is 0 Å². The van der Waals surface area contributed by atoms with Gasteiger partial charge in [0.15, 0.2) is 0 Å². The van der Waals surface area contributed by atoms with E-state index in [1.165, 1.54) is 0 Å². The number of aliphatic hydroxyl groups excluding tert-OH is 1. The van der Waals surface area contributed by atoms with E-state index in [2.05, 4.69) is 47.9 Å².